The van der Waals surface area contributed by atoms with Gasteiger partial charge in [-0.3, -0.25) is 4.55 Å². The van der Waals surface area contributed by atoms with E-state index in [1.54, 1.807) is 0 Å². The summed E-state index contributed by atoms with van der Waals surface area (Å²) in [5.41, 5.74) is 0. The van der Waals surface area contributed by atoms with E-state index in [2.05, 4.69) is 17.5 Å². The van der Waals surface area contributed by atoms with Crippen LogP contribution in [0.15, 0.2) is 12.1 Å². The Kier molecular flexibility index (Phi) is 4.48. The van der Waals surface area contributed by atoms with Crippen LogP contribution >= 0.6 is 12.6 Å². The molecule has 0 saturated heterocycles. The highest BCUT2D eigenvalue weighted by Gasteiger charge is 2.33. The molecule has 0 radical (unpaired) electrons. The van der Waals surface area contributed by atoms with Crippen LogP contribution in [0, 0.1) is 0 Å². The van der Waals surface area contributed by atoms with Crippen molar-refractivity contribution in [1.29, 1.82) is 0 Å². The van der Waals surface area contributed by atoms with Crippen molar-refractivity contribution in [3.63, 3.8) is 0 Å². The summed E-state index contributed by atoms with van der Waals surface area (Å²) in [4.78, 5) is 16.0. The van der Waals surface area contributed by atoms with Crippen molar-refractivity contribution in [3.8, 4) is 11.8 Å². The molecule has 0 bridgehead atoms. The number of aromatic nitrogens is 1. The molecule has 1 aromatic rings. The van der Waals surface area contributed by atoms with Crippen molar-refractivity contribution in [2.45, 2.75) is 11.7 Å². The summed E-state index contributed by atoms with van der Waals surface area (Å²) in [5, 5.41) is 16.5. The van der Waals surface area contributed by atoms with Gasteiger partial charge < -0.3 is 15.1 Å². The van der Waals surface area contributed by atoms with Gasteiger partial charge in [0.15, 0.2) is 5.25 Å². The molecular formula is C8H11NO7S2. The van der Waals surface area contributed by atoms with Gasteiger partial charge in [-0.1, -0.05) is 0 Å². The van der Waals surface area contributed by atoms with E-state index < -0.39 is 33.1 Å². The number of thiol groups is 1. The van der Waals surface area contributed by atoms with Crippen LogP contribution in [0.2, 0.25) is 0 Å². The zero-order valence-corrected chi connectivity index (χ0v) is 10.6. The van der Waals surface area contributed by atoms with Crippen LogP contribution in [-0.2, 0) is 14.9 Å². The second-order valence-electron chi connectivity index (χ2n) is 3.27. The lowest BCUT2D eigenvalue weighted by Gasteiger charge is -2.12. The summed E-state index contributed by atoms with van der Waals surface area (Å²) in [6.45, 7) is 0. The molecule has 0 amide bonds. The van der Waals surface area contributed by atoms with Gasteiger partial charge in [0.25, 0.3) is 10.1 Å². The average Bonchev–Trinajstić information content (AvgIpc) is 2.55. The van der Waals surface area contributed by atoms with Crippen LogP contribution in [-0.4, -0.2) is 44.9 Å². The Morgan fingerprint density at radius 3 is 2.28 bits per heavy atom. The van der Waals surface area contributed by atoms with E-state index in [1.165, 1.54) is 0 Å². The van der Waals surface area contributed by atoms with Crippen LogP contribution in [0.1, 0.15) is 6.42 Å². The predicted molar refractivity (Wildman–Crippen MR) is 63.2 cm³/mol. The number of rotatable bonds is 5. The lowest BCUT2D eigenvalue weighted by Crippen LogP contribution is -2.37. The number of aromatic hydroxyl groups is 2. The first-order valence-electron chi connectivity index (χ1n) is 4.66. The van der Waals surface area contributed by atoms with E-state index in [0.717, 1.165) is 12.1 Å². The summed E-state index contributed by atoms with van der Waals surface area (Å²) < 4.78 is 31.1. The first-order valence-corrected chi connectivity index (χ1v) is 6.80. The molecule has 102 valence electrons. The van der Waals surface area contributed by atoms with Gasteiger partial charge in [-0.15, -0.1) is 4.73 Å². The van der Waals surface area contributed by atoms with E-state index in [-0.39, 0.29) is 12.2 Å². The Hall–Kier alpha value is -1.39. The maximum absolute atomic E-state index is 11.5. The molecule has 1 aromatic heterocycles. The maximum atomic E-state index is 11.5. The zero-order chi connectivity index (χ0) is 13.9. The van der Waals surface area contributed by atoms with E-state index in [4.69, 9.17) is 4.55 Å². The van der Waals surface area contributed by atoms with Crippen molar-refractivity contribution >= 4 is 28.7 Å². The van der Waals surface area contributed by atoms with Crippen molar-refractivity contribution in [1.82, 2.24) is 4.73 Å². The minimum Gasteiger partial charge on any atom is -0.492 e. The monoisotopic (exact) mass is 297 g/mol. The van der Waals surface area contributed by atoms with Gasteiger partial charge in [-0.25, -0.2) is 4.79 Å². The molecular weight excluding hydrogens is 286 g/mol. The highest BCUT2D eigenvalue weighted by molar-refractivity contribution is 7.87. The molecule has 0 saturated carbocycles. The van der Waals surface area contributed by atoms with E-state index in [9.17, 15) is 23.4 Å². The van der Waals surface area contributed by atoms with Gasteiger partial charge in [-0.05, 0) is 12.2 Å². The summed E-state index contributed by atoms with van der Waals surface area (Å²) in [6.07, 6.45) is -0.274. The topological polar surface area (TPSA) is 126 Å². The lowest BCUT2D eigenvalue weighted by molar-refractivity contribution is -0.145. The zero-order valence-electron chi connectivity index (χ0n) is 8.92. The van der Waals surface area contributed by atoms with E-state index >= 15 is 0 Å². The maximum Gasteiger partial charge on any atom is 0.353 e. The Morgan fingerprint density at radius 2 is 1.89 bits per heavy atom. The molecule has 10 heteroatoms. The Bertz CT molecular complexity index is 516. The van der Waals surface area contributed by atoms with E-state index in [0.29, 0.717) is 4.73 Å². The first kappa shape index (κ1) is 14.7. The summed E-state index contributed by atoms with van der Waals surface area (Å²) >= 11 is 3.75. The summed E-state index contributed by atoms with van der Waals surface area (Å²) in [7, 11) is -4.66. The molecule has 1 unspecified atom stereocenters. The van der Waals surface area contributed by atoms with E-state index in [1.807, 2.05) is 0 Å². The van der Waals surface area contributed by atoms with Gasteiger partial charge in [-0.2, -0.15) is 21.0 Å². The Balaban J connectivity index is 2.93. The van der Waals surface area contributed by atoms with Crippen molar-refractivity contribution in [2.24, 2.45) is 0 Å². The van der Waals surface area contributed by atoms with Crippen molar-refractivity contribution in [3.05, 3.63) is 12.1 Å². The van der Waals surface area contributed by atoms with Gasteiger partial charge in [0, 0.05) is 12.1 Å². The van der Waals surface area contributed by atoms with Crippen LogP contribution in [0.25, 0.3) is 0 Å². The number of carbonyl (C=O) groups excluding carboxylic acids is 1. The molecule has 0 aromatic carbocycles. The number of hydrogen-bond donors (Lipinski definition) is 4. The molecule has 1 atom stereocenters. The quantitative estimate of drug-likeness (QED) is 0.423. The Morgan fingerprint density at radius 1 is 1.39 bits per heavy atom. The molecule has 3 N–H and O–H groups in total. The lowest BCUT2D eigenvalue weighted by atomic mass is 10.3. The summed E-state index contributed by atoms with van der Waals surface area (Å²) in [5.74, 6) is -2.52. The van der Waals surface area contributed by atoms with Gasteiger partial charge in [0.05, 0.1) is 0 Å². The minimum absolute atomic E-state index is 0.0171. The molecule has 8 nitrogen and oxygen atoms in total. The molecule has 1 rings (SSSR count). The van der Waals surface area contributed by atoms with Crippen LogP contribution in [0.4, 0.5) is 0 Å². The molecule has 18 heavy (non-hydrogen) atoms. The third kappa shape index (κ3) is 3.31. The second kappa shape index (κ2) is 5.50. The smallest absolute Gasteiger partial charge is 0.353 e. The predicted octanol–water partition coefficient (Wildman–Crippen LogP) is -0.569. The van der Waals surface area contributed by atoms with Crippen LogP contribution in [0.5, 0.6) is 11.8 Å². The fraction of sp³-hybridized carbons (Fsp3) is 0.375. The average molecular weight is 297 g/mol. The van der Waals surface area contributed by atoms with Crippen molar-refractivity contribution < 1.29 is 32.8 Å². The molecule has 0 aliphatic carbocycles. The summed E-state index contributed by atoms with van der Waals surface area (Å²) in [6, 6.07) is 2.06. The largest absolute Gasteiger partial charge is 0.492 e. The normalized spacial score (nSPS) is 13.2. The van der Waals surface area contributed by atoms with Crippen LogP contribution < -0.4 is 4.84 Å². The molecule has 0 aliphatic rings. The molecule has 0 aliphatic heterocycles. The van der Waals surface area contributed by atoms with Gasteiger partial charge >= 0.3 is 5.97 Å². The standard InChI is InChI=1S/C8H11NO7S2/c10-6-1-2-7(11)9(6)16-8(12)5(3-4-17)18(13,14)15/h1-2,5,10-11,17H,3-4H2,(H,13,14,15). The minimum atomic E-state index is -4.66. The highest BCUT2D eigenvalue weighted by atomic mass is 32.2. The third-order valence-corrected chi connectivity index (χ3v) is 3.40. The third-order valence-electron chi connectivity index (χ3n) is 1.99. The van der Waals surface area contributed by atoms with Crippen LogP contribution in [0.3, 0.4) is 0 Å². The number of nitrogens with zero attached hydrogens (tertiary/aromatic N) is 1. The van der Waals surface area contributed by atoms with Crippen molar-refractivity contribution in [2.75, 3.05) is 5.75 Å². The fourth-order valence-electron chi connectivity index (χ4n) is 1.15. The number of carbonyl (C=O) groups is 1. The fourth-order valence-corrected chi connectivity index (χ4v) is 2.28. The van der Waals surface area contributed by atoms with Gasteiger partial charge in [0.2, 0.25) is 11.8 Å². The Labute approximate surface area is 108 Å². The molecule has 0 spiro atoms. The molecule has 0 fully saturated rings. The highest BCUT2D eigenvalue weighted by Crippen LogP contribution is 2.19. The SMILES string of the molecule is O=C(On1c(O)ccc1O)C(CCS)S(=O)(=O)O. The first-order chi connectivity index (χ1) is 8.27. The van der Waals surface area contributed by atoms with Gasteiger partial charge in [0.1, 0.15) is 0 Å². The molecule has 1 heterocycles. The second-order valence-corrected chi connectivity index (χ2v) is 5.32. The number of hydrogen-bond acceptors (Lipinski definition) is 7.